The molecule has 0 heterocycles. The van der Waals surface area contributed by atoms with Crippen LogP contribution in [0, 0.1) is 0 Å². The molecule has 296 valence electrons. The second kappa shape index (κ2) is 32.8. The lowest BCUT2D eigenvalue weighted by Gasteiger charge is -2.29. The number of unbranched alkanes of at least 4 members (excludes halogenated alkanes) is 13. The Hall–Kier alpha value is -1.84. The topological polar surface area (TPSA) is 128 Å². The third kappa shape index (κ3) is 35.0. The molecule has 0 aliphatic carbocycles. The molecule has 0 rings (SSSR count). The number of rotatable bonds is 34. The second-order valence-corrected chi connectivity index (χ2v) is 15.9. The molecule has 0 saturated carbocycles. The Bertz CT molecular complexity index is 1040. The van der Waals surface area contributed by atoms with Gasteiger partial charge in [-0.1, -0.05) is 139 Å². The molecule has 2 unspecified atom stereocenters. The maximum atomic E-state index is 12.8. The number of phosphoric ester groups is 1. The van der Waals surface area contributed by atoms with Gasteiger partial charge >= 0.3 is 0 Å². The molecule has 0 saturated heterocycles. The third-order valence-corrected chi connectivity index (χ3v) is 9.27. The second-order valence-electron chi connectivity index (χ2n) is 14.5. The van der Waals surface area contributed by atoms with Crippen molar-refractivity contribution in [1.82, 2.24) is 5.32 Å². The van der Waals surface area contributed by atoms with E-state index in [1.165, 1.54) is 64.2 Å². The van der Waals surface area contributed by atoms with E-state index >= 15 is 0 Å². The Balaban J connectivity index is 4.72. The summed E-state index contributed by atoms with van der Waals surface area (Å²) in [5, 5.41) is 23.8. The van der Waals surface area contributed by atoms with E-state index in [-0.39, 0.29) is 18.9 Å². The van der Waals surface area contributed by atoms with Gasteiger partial charge in [0.15, 0.2) is 0 Å². The van der Waals surface area contributed by atoms with Gasteiger partial charge in [-0.3, -0.25) is 9.36 Å². The minimum Gasteiger partial charge on any atom is -0.756 e. The minimum absolute atomic E-state index is 0.0294. The van der Waals surface area contributed by atoms with Gasteiger partial charge in [0.05, 0.1) is 46.0 Å². The van der Waals surface area contributed by atoms with Crippen LogP contribution < -0.4 is 10.2 Å². The zero-order valence-electron chi connectivity index (χ0n) is 32.9. The molecule has 0 radical (unpaired) electrons. The first-order valence-corrected chi connectivity index (χ1v) is 21.2. The number of aliphatic hydroxyl groups excluding tert-OH is 2. The van der Waals surface area contributed by atoms with Crippen molar-refractivity contribution in [1.29, 1.82) is 0 Å². The lowest BCUT2D eigenvalue weighted by molar-refractivity contribution is -0.870. The average molecular weight is 739 g/mol. The Morgan fingerprint density at radius 3 is 2.02 bits per heavy atom. The molecule has 0 spiro atoms. The van der Waals surface area contributed by atoms with E-state index in [0.29, 0.717) is 30.3 Å². The molecule has 0 aromatic carbocycles. The zero-order chi connectivity index (χ0) is 38.1. The molecule has 4 atom stereocenters. The van der Waals surface area contributed by atoms with Crippen LogP contribution in [0.1, 0.15) is 136 Å². The first-order chi connectivity index (χ1) is 24.4. The largest absolute Gasteiger partial charge is 0.756 e. The van der Waals surface area contributed by atoms with Crippen LogP contribution in [0.25, 0.3) is 0 Å². The number of phosphoric acid groups is 1. The van der Waals surface area contributed by atoms with Gasteiger partial charge in [-0.15, -0.1) is 0 Å². The van der Waals surface area contributed by atoms with Crippen LogP contribution >= 0.6 is 7.82 Å². The summed E-state index contributed by atoms with van der Waals surface area (Å²) in [6.45, 7) is 4.44. The molecule has 0 aliphatic heterocycles. The Morgan fingerprint density at radius 2 is 1.33 bits per heavy atom. The van der Waals surface area contributed by atoms with Gasteiger partial charge in [0, 0.05) is 6.42 Å². The molecule has 0 aromatic heterocycles. The molecule has 0 fully saturated rings. The van der Waals surface area contributed by atoms with E-state index in [9.17, 15) is 24.5 Å². The van der Waals surface area contributed by atoms with Crippen LogP contribution in [-0.4, -0.2) is 79.8 Å². The van der Waals surface area contributed by atoms with E-state index in [1.54, 1.807) is 18.2 Å². The molecule has 9 nitrogen and oxygen atoms in total. The number of nitrogens with one attached hydrogen (secondary N) is 1. The third-order valence-electron chi connectivity index (χ3n) is 8.30. The Morgan fingerprint density at radius 1 is 0.745 bits per heavy atom. The van der Waals surface area contributed by atoms with E-state index in [4.69, 9.17) is 9.05 Å². The number of likely N-dealkylation sites (N-methyl/N-ethyl adjacent to an activating group) is 1. The van der Waals surface area contributed by atoms with Crippen molar-refractivity contribution < 1.29 is 38.0 Å². The van der Waals surface area contributed by atoms with Gasteiger partial charge in [0.1, 0.15) is 13.2 Å². The lowest BCUT2D eigenvalue weighted by Crippen LogP contribution is -2.45. The Kier molecular flexibility index (Phi) is 31.6. The molecular formula is C41H75N2O7P. The first-order valence-electron chi connectivity index (χ1n) is 19.8. The maximum Gasteiger partial charge on any atom is 0.268 e. The fourth-order valence-electron chi connectivity index (χ4n) is 5.05. The number of carbonyl (C=O) groups is 1. The number of quaternary nitrogens is 1. The van der Waals surface area contributed by atoms with E-state index in [0.717, 1.165) is 32.1 Å². The summed E-state index contributed by atoms with van der Waals surface area (Å²) in [5.74, 6) is -0.302. The summed E-state index contributed by atoms with van der Waals surface area (Å²) in [6.07, 6.45) is 37.2. The number of allylic oxidation sites excluding steroid dienone is 7. The van der Waals surface area contributed by atoms with E-state index in [1.807, 2.05) is 45.4 Å². The number of amides is 1. The van der Waals surface area contributed by atoms with Crippen molar-refractivity contribution in [3.8, 4) is 0 Å². The number of carbonyl (C=O) groups excluding carboxylic acids is 1. The van der Waals surface area contributed by atoms with Crippen molar-refractivity contribution in [2.75, 3.05) is 40.9 Å². The highest BCUT2D eigenvalue weighted by atomic mass is 31.2. The number of hydrogen-bond donors (Lipinski definition) is 3. The summed E-state index contributed by atoms with van der Waals surface area (Å²) in [6, 6.07) is -0.947. The van der Waals surface area contributed by atoms with Crippen molar-refractivity contribution in [2.24, 2.45) is 0 Å². The number of hydrogen-bond acceptors (Lipinski definition) is 7. The van der Waals surface area contributed by atoms with Crippen molar-refractivity contribution in [3.63, 3.8) is 0 Å². The van der Waals surface area contributed by atoms with Gasteiger partial charge < -0.3 is 34.0 Å². The normalized spacial score (nSPS) is 15.8. The summed E-state index contributed by atoms with van der Waals surface area (Å²) >= 11 is 0. The molecule has 1 amide bonds. The summed E-state index contributed by atoms with van der Waals surface area (Å²) < 4.78 is 23.0. The number of aliphatic hydroxyl groups is 2. The summed E-state index contributed by atoms with van der Waals surface area (Å²) in [7, 11) is 1.16. The average Bonchev–Trinajstić information content (AvgIpc) is 3.07. The van der Waals surface area contributed by atoms with Crippen LogP contribution in [0.5, 0.6) is 0 Å². The molecule has 0 aliphatic rings. The highest BCUT2D eigenvalue weighted by Gasteiger charge is 2.23. The minimum atomic E-state index is -4.62. The van der Waals surface area contributed by atoms with Gasteiger partial charge in [-0.2, -0.15) is 0 Å². The quantitative estimate of drug-likeness (QED) is 0.0198. The van der Waals surface area contributed by atoms with Gasteiger partial charge in [0.25, 0.3) is 7.82 Å². The smallest absolute Gasteiger partial charge is 0.268 e. The van der Waals surface area contributed by atoms with Crippen molar-refractivity contribution >= 4 is 13.7 Å². The SMILES string of the molecule is CCCCC/C=C\C/C=C\CC(O)/C=C\C=C\CCCC(=O)N[C@@H](COP(=O)([O-])OCC[N+](C)(C)C)[C@H](O)/C=C/CCCCCCCCCCC. The van der Waals surface area contributed by atoms with E-state index in [2.05, 4.69) is 37.4 Å². The van der Waals surface area contributed by atoms with Gasteiger partial charge in [-0.05, 0) is 51.4 Å². The Labute approximate surface area is 312 Å². The zero-order valence-corrected chi connectivity index (χ0v) is 33.8. The molecular weight excluding hydrogens is 663 g/mol. The molecule has 51 heavy (non-hydrogen) atoms. The van der Waals surface area contributed by atoms with Gasteiger partial charge in [-0.25, -0.2) is 0 Å². The highest BCUT2D eigenvalue weighted by molar-refractivity contribution is 7.45. The monoisotopic (exact) mass is 739 g/mol. The molecule has 0 aromatic rings. The first kappa shape index (κ1) is 49.2. The van der Waals surface area contributed by atoms with E-state index < -0.39 is 32.7 Å². The predicted molar refractivity (Wildman–Crippen MR) is 211 cm³/mol. The maximum absolute atomic E-state index is 12.8. The highest BCUT2D eigenvalue weighted by Crippen LogP contribution is 2.38. The van der Waals surface area contributed by atoms with Crippen molar-refractivity contribution in [2.45, 2.75) is 154 Å². The molecule has 10 heteroatoms. The standard InChI is InChI=1S/C41H75N2O7P/c1-6-8-10-12-14-16-17-19-21-25-29-33-40(45)39(37-50-51(47,48)49-36-35-43(3,4)5)42-41(46)34-30-26-22-24-28-32-38(44)31-27-23-20-18-15-13-11-9-7-2/h15,18,22-24,27-29,32-33,38-40,44-45H,6-14,16-17,19-21,25-26,30-31,34-37H2,1-5H3,(H-,42,46,47,48)/b18-15-,24-22+,27-23-,32-28-,33-29+/t38?,39-,40+/m0/s1. The lowest BCUT2D eigenvalue weighted by atomic mass is 10.1. The predicted octanol–water partition coefficient (Wildman–Crippen LogP) is 8.63. The number of nitrogens with zero attached hydrogens (tertiary/aromatic N) is 1. The van der Waals surface area contributed by atoms with Crippen molar-refractivity contribution in [3.05, 3.63) is 60.8 Å². The van der Waals surface area contributed by atoms with Gasteiger partial charge in [0.2, 0.25) is 5.91 Å². The fraction of sp³-hybridized carbons (Fsp3) is 0.732. The van der Waals surface area contributed by atoms with Crippen LogP contribution in [0.4, 0.5) is 0 Å². The molecule has 0 bridgehead atoms. The van der Waals surface area contributed by atoms with Crippen LogP contribution in [0.2, 0.25) is 0 Å². The summed E-state index contributed by atoms with van der Waals surface area (Å²) in [5.41, 5.74) is 0. The van der Waals surface area contributed by atoms with Crippen LogP contribution in [0.3, 0.4) is 0 Å². The molecule has 3 N–H and O–H groups in total. The van der Waals surface area contributed by atoms with Crippen LogP contribution in [0.15, 0.2) is 60.8 Å². The van der Waals surface area contributed by atoms with Crippen LogP contribution in [-0.2, 0) is 18.4 Å². The summed E-state index contributed by atoms with van der Waals surface area (Å²) in [4.78, 5) is 25.1. The fourth-order valence-corrected chi connectivity index (χ4v) is 5.77.